The zero-order valence-corrected chi connectivity index (χ0v) is 29.2. The number of amides is 2. The minimum atomic E-state index is -5.05. The van der Waals surface area contributed by atoms with E-state index in [9.17, 15) is 27.9 Å². The van der Waals surface area contributed by atoms with Crippen molar-refractivity contribution in [2.45, 2.75) is 61.8 Å². The lowest BCUT2D eigenvalue weighted by Gasteiger charge is -2.36. The van der Waals surface area contributed by atoms with Crippen LogP contribution in [0, 0.1) is 0 Å². The van der Waals surface area contributed by atoms with E-state index in [1.807, 2.05) is 84.9 Å². The number of nitrogens with zero attached hydrogens (tertiary/aromatic N) is 2. The Hall–Kier alpha value is -4.95. The molecule has 2 amide bonds. The van der Waals surface area contributed by atoms with Gasteiger partial charge in [-0.2, -0.15) is 13.2 Å². The van der Waals surface area contributed by atoms with E-state index in [1.165, 1.54) is 11.8 Å². The number of ether oxygens (including phenoxy) is 2. The van der Waals surface area contributed by atoms with Crippen LogP contribution in [-0.2, 0) is 25.7 Å². The second-order valence-electron chi connectivity index (χ2n) is 12.8. The summed E-state index contributed by atoms with van der Waals surface area (Å²) in [5.41, 5.74) is 5.30. The molecule has 2 aliphatic rings. The fourth-order valence-corrected chi connectivity index (χ4v) is 7.36. The molecule has 1 aromatic heterocycles. The van der Waals surface area contributed by atoms with E-state index < -0.39 is 30.3 Å². The van der Waals surface area contributed by atoms with Crippen LogP contribution in [0.2, 0.25) is 0 Å². The molecule has 0 spiro atoms. The Bertz CT molecular complexity index is 1950. The fraction of sp³-hybridized carbons (Fsp3) is 0.275. The average Bonchev–Trinajstić information content (AvgIpc) is 3.86. The van der Waals surface area contributed by atoms with E-state index in [0.29, 0.717) is 45.7 Å². The molecule has 2 saturated heterocycles. The number of oxazole rings is 1. The van der Waals surface area contributed by atoms with Gasteiger partial charge in [-0.05, 0) is 36.1 Å². The molecule has 13 heteroatoms. The van der Waals surface area contributed by atoms with E-state index in [-0.39, 0.29) is 31.8 Å². The van der Waals surface area contributed by atoms with Crippen LogP contribution in [0.15, 0.2) is 119 Å². The number of likely N-dealkylation sites (tertiary alicyclic amines) is 1. The highest BCUT2D eigenvalue weighted by Gasteiger charge is 2.47. The van der Waals surface area contributed by atoms with Crippen molar-refractivity contribution in [3.63, 3.8) is 0 Å². The first-order valence-electron chi connectivity index (χ1n) is 17.2. The van der Waals surface area contributed by atoms with Crippen LogP contribution in [-0.4, -0.2) is 57.4 Å². The van der Waals surface area contributed by atoms with Gasteiger partial charge >= 0.3 is 12.1 Å². The van der Waals surface area contributed by atoms with Crippen LogP contribution in [0.5, 0.6) is 0 Å². The summed E-state index contributed by atoms with van der Waals surface area (Å²) in [6.45, 7) is -0.212. The smallest absolute Gasteiger partial charge is 0.431 e. The summed E-state index contributed by atoms with van der Waals surface area (Å²) in [4.78, 5) is 30.3. The van der Waals surface area contributed by atoms with Gasteiger partial charge in [-0.1, -0.05) is 109 Å². The molecule has 274 valence electrons. The topological polar surface area (TPSA) is 114 Å². The molecule has 0 aliphatic carbocycles. The summed E-state index contributed by atoms with van der Waals surface area (Å²) in [6.07, 6.45) is -5.52. The Morgan fingerprint density at radius 2 is 1.53 bits per heavy atom. The molecule has 0 unspecified atom stereocenters. The van der Waals surface area contributed by atoms with Crippen molar-refractivity contribution in [3.05, 3.63) is 126 Å². The molecule has 0 saturated carbocycles. The van der Waals surface area contributed by atoms with Gasteiger partial charge in [0, 0.05) is 41.1 Å². The number of nitrogens with one attached hydrogen (secondary N) is 1. The molecule has 2 aliphatic heterocycles. The summed E-state index contributed by atoms with van der Waals surface area (Å²) < 4.78 is 58.6. The van der Waals surface area contributed by atoms with Gasteiger partial charge < -0.3 is 29.2 Å². The first-order chi connectivity index (χ1) is 25.7. The SMILES string of the molecule is O=C(Nc1ccc([C@@H]2O[C@H](CSc3nc(-c4ccccc4)c(-c4ccccc4)o3)C[C@H](c3ccc(CO)cc3)O2)cc1)[C@@H]1CCCN1C(=O)C(F)(F)F. The minimum Gasteiger partial charge on any atom is -0.431 e. The van der Waals surface area contributed by atoms with Gasteiger partial charge in [0.2, 0.25) is 5.91 Å². The lowest BCUT2D eigenvalue weighted by molar-refractivity contribution is -0.245. The Morgan fingerprint density at radius 3 is 2.19 bits per heavy atom. The quantitative estimate of drug-likeness (QED) is 0.137. The predicted molar refractivity (Wildman–Crippen MR) is 192 cm³/mol. The molecule has 3 heterocycles. The van der Waals surface area contributed by atoms with Crippen molar-refractivity contribution in [1.29, 1.82) is 0 Å². The Morgan fingerprint density at radius 1 is 0.868 bits per heavy atom. The maximum atomic E-state index is 13.1. The van der Waals surface area contributed by atoms with Crippen LogP contribution >= 0.6 is 11.8 Å². The summed E-state index contributed by atoms with van der Waals surface area (Å²) in [6, 6.07) is 32.7. The Kier molecular flexibility index (Phi) is 11.0. The fourth-order valence-electron chi connectivity index (χ4n) is 6.52. The monoisotopic (exact) mass is 743 g/mol. The maximum Gasteiger partial charge on any atom is 0.471 e. The van der Waals surface area contributed by atoms with Crippen LogP contribution in [0.1, 0.15) is 48.3 Å². The first-order valence-corrected chi connectivity index (χ1v) is 18.2. The molecule has 53 heavy (non-hydrogen) atoms. The number of alkyl halides is 3. The Balaban J connectivity index is 1.08. The number of aliphatic hydroxyl groups is 1. The molecule has 2 N–H and O–H groups in total. The van der Waals surface area contributed by atoms with Crippen molar-refractivity contribution in [2.75, 3.05) is 17.6 Å². The van der Waals surface area contributed by atoms with E-state index in [1.54, 1.807) is 24.3 Å². The molecule has 9 nitrogen and oxygen atoms in total. The number of hydrogen-bond donors (Lipinski definition) is 2. The molecule has 4 aromatic carbocycles. The van der Waals surface area contributed by atoms with Crippen LogP contribution < -0.4 is 5.32 Å². The van der Waals surface area contributed by atoms with Crippen molar-refractivity contribution < 1.29 is 41.8 Å². The molecule has 5 aromatic rings. The molecule has 0 bridgehead atoms. The van der Waals surface area contributed by atoms with Gasteiger partial charge in [0.1, 0.15) is 11.7 Å². The molecule has 4 atom stereocenters. The molecule has 0 radical (unpaired) electrons. The number of benzene rings is 4. The molecular formula is C40H36F3N3O6S. The predicted octanol–water partition coefficient (Wildman–Crippen LogP) is 8.33. The number of thioether (sulfide) groups is 1. The highest BCUT2D eigenvalue weighted by molar-refractivity contribution is 7.99. The summed E-state index contributed by atoms with van der Waals surface area (Å²) in [5.74, 6) is -1.52. The molecule has 7 rings (SSSR count). The van der Waals surface area contributed by atoms with Crippen molar-refractivity contribution in [3.8, 4) is 22.6 Å². The highest BCUT2D eigenvalue weighted by atomic mass is 32.2. The minimum absolute atomic E-state index is 0.0802. The number of carbonyl (C=O) groups excluding carboxylic acids is 2. The highest BCUT2D eigenvalue weighted by Crippen LogP contribution is 2.41. The zero-order chi connectivity index (χ0) is 37.0. The van der Waals surface area contributed by atoms with Gasteiger partial charge in [-0.25, -0.2) is 4.98 Å². The van der Waals surface area contributed by atoms with Crippen molar-refractivity contribution in [2.24, 2.45) is 0 Å². The molecule has 2 fully saturated rings. The number of carbonyl (C=O) groups is 2. The summed E-state index contributed by atoms with van der Waals surface area (Å²) in [7, 11) is 0. The third-order valence-electron chi connectivity index (χ3n) is 9.21. The first kappa shape index (κ1) is 36.4. The third kappa shape index (κ3) is 8.49. The van der Waals surface area contributed by atoms with E-state index >= 15 is 0 Å². The number of aliphatic hydroxyl groups excluding tert-OH is 1. The van der Waals surface area contributed by atoms with Crippen molar-refractivity contribution in [1.82, 2.24) is 9.88 Å². The number of aromatic nitrogens is 1. The van der Waals surface area contributed by atoms with Crippen LogP contribution in [0.4, 0.5) is 18.9 Å². The van der Waals surface area contributed by atoms with E-state index in [0.717, 1.165) is 27.9 Å². The average molecular weight is 744 g/mol. The lowest BCUT2D eigenvalue weighted by atomic mass is 10.0. The van der Waals surface area contributed by atoms with Crippen molar-refractivity contribution >= 4 is 29.3 Å². The standard InChI is InChI=1S/C40H36F3N3O6S/c41-40(42,43)38(49)46-21-7-12-32(46)36(48)44-30-19-17-29(18-20-30)37-50-31(22-33(51-37)26-15-13-25(23-47)14-16-26)24-53-39-45-34(27-8-3-1-4-9-27)35(52-39)28-10-5-2-6-11-28/h1-6,8-11,13-20,31-33,37,47H,7,12,21-24H2,(H,44,48)/t31-,32-,33+,37+/m0/s1. The zero-order valence-electron chi connectivity index (χ0n) is 28.4. The summed E-state index contributed by atoms with van der Waals surface area (Å²) in [5, 5.41) is 12.7. The number of hydrogen-bond acceptors (Lipinski definition) is 8. The van der Waals surface area contributed by atoms with E-state index in [2.05, 4.69) is 5.32 Å². The van der Waals surface area contributed by atoms with Gasteiger partial charge in [-0.3, -0.25) is 9.59 Å². The number of halogens is 3. The lowest BCUT2D eigenvalue weighted by Crippen LogP contribution is -2.48. The van der Waals surface area contributed by atoms with Gasteiger partial charge in [-0.15, -0.1) is 0 Å². The Labute approximate surface area is 308 Å². The number of rotatable bonds is 10. The normalized spacial score (nSPS) is 20.3. The van der Waals surface area contributed by atoms with E-state index in [4.69, 9.17) is 18.9 Å². The van der Waals surface area contributed by atoms with Gasteiger partial charge in [0.25, 0.3) is 5.22 Å². The second-order valence-corrected chi connectivity index (χ2v) is 13.8. The summed E-state index contributed by atoms with van der Waals surface area (Å²) >= 11 is 1.44. The number of anilines is 1. The molecular weight excluding hydrogens is 708 g/mol. The maximum absolute atomic E-state index is 13.1. The third-order valence-corrected chi connectivity index (χ3v) is 10.2. The second kappa shape index (κ2) is 16.0. The largest absolute Gasteiger partial charge is 0.471 e. The van der Waals surface area contributed by atoms with Gasteiger partial charge in [0.05, 0.1) is 18.8 Å². The van der Waals surface area contributed by atoms with Crippen LogP contribution in [0.25, 0.3) is 22.6 Å². The van der Waals surface area contributed by atoms with Crippen LogP contribution in [0.3, 0.4) is 0 Å². The van der Waals surface area contributed by atoms with Gasteiger partial charge in [0.15, 0.2) is 12.1 Å².